The number of pyridine rings is 1. The largest absolute Gasteiger partial charge is 0.455 e. The molecule has 1 aliphatic rings. The Morgan fingerprint density at radius 1 is 1.17 bits per heavy atom. The van der Waals surface area contributed by atoms with Crippen LogP contribution >= 0.6 is 0 Å². The van der Waals surface area contributed by atoms with Gasteiger partial charge in [-0.15, -0.1) is 0 Å². The van der Waals surface area contributed by atoms with Crippen molar-refractivity contribution in [3.05, 3.63) is 47.8 Å². The molecule has 0 unspecified atom stereocenters. The fraction of sp³-hybridized carbons (Fsp3) is 0.0667. The summed E-state index contributed by atoms with van der Waals surface area (Å²) in [5.41, 5.74) is 2.78. The van der Waals surface area contributed by atoms with Crippen molar-refractivity contribution in [2.45, 2.75) is 6.42 Å². The first-order valence-electron chi connectivity index (χ1n) is 5.84. The number of hydrogen-bond acceptors (Lipinski definition) is 3. The van der Waals surface area contributed by atoms with E-state index in [4.69, 9.17) is 4.42 Å². The zero-order valence-electron chi connectivity index (χ0n) is 9.51. The van der Waals surface area contributed by atoms with E-state index in [2.05, 4.69) is 4.98 Å². The highest BCUT2D eigenvalue weighted by atomic mass is 16.3. The van der Waals surface area contributed by atoms with Gasteiger partial charge in [-0.05, 0) is 12.1 Å². The van der Waals surface area contributed by atoms with Crippen LogP contribution in [-0.2, 0) is 0 Å². The molecule has 0 saturated heterocycles. The molecule has 3 heteroatoms. The van der Waals surface area contributed by atoms with Crippen LogP contribution in [0.5, 0.6) is 0 Å². The van der Waals surface area contributed by atoms with Crippen LogP contribution in [0.2, 0.25) is 0 Å². The van der Waals surface area contributed by atoms with Crippen LogP contribution in [0.25, 0.3) is 28.0 Å². The molecule has 0 spiro atoms. The molecule has 0 bridgehead atoms. The van der Waals surface area contributed by atoms with Crippen LogP contribution in [0.15, 0.2) is 41.0 Å². The SMILES string of the molecule is O=C1CC=Cc2ncc3c(oc4ccccc43)c21. The Kier molecular flexibility index (Phi) is 1.75. The summed E-state index contributed by atoms with van der Waals surface area (Å²) < 4.78 is 5.83. The second-order valence-electron chi connectivity index (χ2n) is 4.39. The Morgan fingerprint density at radius 3 is 3.00 bits per heavy atom. The van der Waals surface area contributed by atoms with Gasteiger partial charge in [-0.25, -0.2) is 0 Å². The molecule has 18 heavy (non-hydrogen) atoms. The lowest BCUT2D eigenvalue weighted by molar-refractivity contribution is 0.0995. The molecule has 0 aliphatic heterocycles. The summed E-state index contributed by atoms with van der Waals surface area (Å²) in [4.78, 5) is 16.4. The van der Waals surface area contributed by atoms with Crippen molar-refractivity contribution in [2.75, 3.05) is 0 Å². The maximum Gasteiger partial charge on any atom is 0.172 e. The molecule has 1 aromatic carbocycles. The van der Waals surface area contributed by atoms with E-state index in [1.165, 1.54) is 0 Å². The van der Waals surface area contributed by atoms with Crippen LogP contribution < -0.4 is 0 Å². The molecule has 0 fully saturated rings. The predicted octanol–water partition coefficient (Wildman–Crippen LogP) is 3.58. The summed E-state index contributed by atoms with van der Waals surface area (Å²) in [6.07, 6.45) is 5.92. The number of Topliss-reactive ketones (excluding diaryl/α,β-unsaturated/α-hetero) is 1. The summed E-state index contributed by atoms with van der Waals surface area (Å²) in [7, 11) is 0. The van der Waals surface area contributed by atoms with Crippen molar-refractivity contribution in [2.24, 2.45) is 0 Å². The fourth-order valence-corrected chi connectivity index (χ4v) is 2.47. The molecule has 4 rings (SSSR count). The number of carbonyl (C=O) groups is 1. The Labute approximate surface area is 103 Å². The number of nitrogens with zero attached hydrogens (tertiary/aromatic N) is 1. The molecule has 0 N–H and O–H groups in total. The monoisotopic (exact) mass is 235 g/mol. The zero-order valence-corrected chi connectivity index (χ0v) is 9.51. The maximum atomic E-state index is 12.0. The Bertz CT molecular complexity index is 827. The summed E-state index contributed by atoms with van der Waals surface area (Å²) in [5, 5.41) is 1.91. The molecular weight excluding hydrogens is 226 g/mol. The minimum atomic E-state index is 0.0738. The van der Waals surface area contributed by atoms with Crippen LogP contribution in [-0.4, -0.2) is 10.8 Å². The van der Waals surface area contributed by atoms with Crippen LogP contribution in [0.4, 0.5) is 0 Å². The van der Waals surface area contributed by atoms with E-state index in [1.807, 2.05) is 36.4 Å². The number of furan rings is 1. The number of allylic oxidation sites excluding steroid dienone is 1. The second kappa shape index (κ2) is 3.29. The molecule has 2 heterocycles. The van der Waals surface area contributed by atoms with Crippen molar-refractivity contribution < 1.29 is 9.21 Å². The van der Waals surface area contributed by atoms with E-state index >= 15 is 0 Å². The summed E-state index contributed by atoms with van der Waals surface area (Å²) >= 11 is 0. The van der Waals surface area contributed by atoms with E-state index in [1.54, 1.807) is 6.20 Å². The first-order valence-corrected chi connectivity index (χ1v) is 5.84. The normalized spacial score (nSPS) is 14.3. The average molecular weight is 235 g/mol. The summed E-state index contributed by atoms with van der Waals surface area (Å²) in [6, 6.07) is 7.77. The lowest BCUT2D eigenvalue weighted by Crippen LogP contribution is -2.06. The van der Waals surface area contributed by atoms with Gasteiger partial charge in [-0.1, -0.05) is 24.3 Å². The second-order valence-corrected chi connectivity index (χ2v) is 4.39. The third kappa shape index (κ3) is 1.13. The van der Waals surface area contributed by atoms with Gasteiger partial charge < -0.3 is 4.42 Å². The maximum absolute atomic E-state index is 12.0. The van der Waals surface area contributed by atoms with Crippen molar-refractivity contribution in [1.29, 1.82) is 0 Å². The van der Waals surface area contributed by atoms with Gasteiger partial charge in [0.1, 0.15) is 11.2 Å². The van der Waals surface area contributed by atoms with E-state index in [-0.39, 0.29) is 5.78 Å². The average Bonchev–Trinajstić information content (AvgIpc) is 2.77. The number of carbonyl (C=O) groups excluding carboxylic acids is 1. The number of fused-ring (bicyclic) bond motifs is 5. The lowest BCUT2D eigenvalue weighted by Gasteiger charge is -2.07. The smallest absolute Gasteiger partial charge is 0.172 e. The van der Waals surface area contributed by atoms with Crippen LogP contribution in [0, 0.1) is 0 Å². The van der Waals surface area contributed by atoms with E-state index in [9.17, 15) is 4.79 Å². The molecule has 86 valence electrons. The van der Waals surface area contributed by atoms with Gasteiger partial charge in [0.05, 0.1) is 11.3 Å². The molecule has 0 saturated carbocycles. The molecule has 1 aliphatic carbocycles. The molecule has 3 nitrogen and oxygen atoms in total. The third-order valence-electron chi connectivity index (χ3n) is 3.31. The Morgan fingerprint density at radius 2 is 2.06 bits per heavy atom. The van der Waals surface area contributed by atoms with Crippen molar-refractivity contribution in [1.82, 2.24) is 4.98 Å². The molecular formula is C15H9NO2. The third-order valence-corrected chi connectivity index (χ3v) is 3.31. The van der Waals surface area contributed by atoms with Gasteiger partial charge in [-0.2, -0.15) is 0 Å². The van der Waals surface area contributed by atoms with Gasteiger partial charge in [0, 0.05) is 23.4 Å². The summed E-state index contributed by atoms with van der Waals surface area (Å²) in [5.74, 6) is 0.0738. The van der Waals surface area contributed by atoms with E-state index in [0.29, 0.717) is 23.3 Å². The Hall–Kier alpha value is -2.42. The number of benzene rings is 1. The van der Waals surface area contributed by atoms with E-state index < -0.39 is 0 Å². The Balaban J connectivity index is 2.24. The van der Waals surface area contributed by atoms with E-state index in [0.717, 1.165) is 16.4 Å². The van der Waals surface area contributed by atoms with Crippen molar-refractivity contribution >= 4 is 33.8 Å². The fourth-order valence-electron chi connectivity index (χ4n) is 2.47. The van der Waals surface area contributed by atoms with Crippen LogP contribution in [0.1, 0.15) is 22.5 Å². The first-order chi connectivity index (χ1) is 8.84. The molecule has 0 atom stereocenters. The topological polar surface area (TPSA) is 43.1 Å². The predicted molar refractivity (Wildman–Crippen MR) is 69.5 cm³/mol. The van der Waals surface area contributed by atoms with Crippen molar-refractivity contribution in [3.8, 4) is 0 Å². The first kappa shape index (κ1) is 9.59. The highest BCUT2D eigenvalue weighted by molar-refractivity contribution is 6.16. The molecule has 2 aromatic heterocycles. The number of rotatable bonds is 0. The summed E-state index contributed by atoms with van der Waals surface area (Å²) in [6.45, 7) is 0. The molecule has 3 aromatic rings. The van der Waals surface area contributed by atoms with Crippen LogP contribution in [0.3, 0.4) is 0 Å². The standard InChI is InChI=1S/C15H9NO2/c17-12-6-3-5-11-14(12)15-10(8-16-11)9-4-1-2-7-13(9)18-15/h1-5,7-8H,6H2. The van der Waals surface area contributed by atoms with Gasteiger partial charge in [0.2, 0.25) is 0 Å². The van der Waals surface area contributed by atoms with Crippen molar-refractivity contribution in [3.63, 3.8) is 0 Å². The molecule has 0 amide bonds. The minimum absolute atomic E-state index is 0.0738. The number of hydrogen-bond donors (Lipinski definition) is 0. The number of para-hydroxylation sites is 1. The quantitative estimate of drug-likeness (QED) is 0.598. The highest BCUT2D eigenvalue weighted by Crippen LogP contribution is 2.33. The minimum Gasteiger partial charge on any atom is -0.455 e. The van der Waals surface area contributed by atoms with Gasteiger partial charge in [-0.3, -0.25) is 9.78 Å². The van der Waals surface area contributed by atoms with Gasteiger partial charge >= 0.3 is 0 Å². The highest BCUT2D eigenvalue weighted by Gasteiger charge is 2.21. The lowest BCUT2D eigenvalue weighted by atomic mass is 9.99. The molecule has 0 radical (unpaired) electrons. The number of aromatic nitrogens is 1. The zero-order chi connectivity index (χ0) is 12.1. The van der Waals surface area contributed by atoms with Gasteiger partial charge in [0.25, 0.3) is 0 Å². The number of ketones is 1. The van der Waals surface area contributed by atoms with Gasteiger partial charge in [0.15, 0.2) is 5.78 Å².